The van der Waals surface area contributed by atoms with Gasteiger partial charge in [0.25, 0.3) is 0 Å². The Hall–Kier alpha value is -1.46. The summed E-state index contributed by atoms with van der Waals surface area (Å²) in [6.07, 6.45) is 0. The minimum Gasteiger partial charge on any atom is -0.478 e. The predicted molar refractivity (Wildman–Crippen MR) is 66.2 cm³/mol. The van der Waals surface area contributed by atoms with Gasteiger partial charge in [-0.05, 0) is 30.3 Å². The molecule has 1 aromatic rings. The molecular weight excluding hydrogens is 237 g/mol. The van der Waals surface area contributed by atoms with Crippen LogP contribution in [0.2, 0.25) is 0 Å². The number of nitrogens with zero attached hydrogens (tertiary/aromatic N) is 1. The second-order valence-corrected chi connectivity index (χ2v) is 4.01. The zero-order valence-corrected chi connectivity index (χ0v) is 10.6. The first-order valence-corrected chi connectivity index (χ1v) is 5.81. The molecule has 0 aliphatic heterocycles. The van der Waals surface area contributed by atoms with Crippen molar-refractivity contribution >= 4 is 5.97 Å². The third-order valence-corrected chi connectivity index (χ3v) is 2.67. The zero-order valence-electron chi connectivity index (χ0n) is 10.6. The highest BCUT2D eigenvalue weighted by Crippen LogP contribution is 2.12. The molecule has 0 spiro atoms. The van der Waals surface area contributed by atoms with E-state index < -0.39 is 11.8 Å². The lowest BCUT2D eigenvalue weighted by Crippen LogP contribution is -2.26. The molecule has 0 saturated carbocycles. The number of carbonyl (C=O) groups is 1. The molecule has 4 nitrogen and oxygen atoms in total. The van der Waals surface area contributed by atoms with Crippen LogP contribution in [0.4, 0.5) is 4.39 Å². The number of halogens is 1. The average molecular weight is 255 g/mol. The van der Waals surface area contributed by atoms with E-state index in [1.807, 2.05) is 6.92 Å². The minimum absolute atomic E-state index is 0.0206. The maximum absolute atomic E-state index is 13.3. The number of benzene rings is 1. The van der Waals surface area contributed by atoms with Crippen molar-refractivity contribution in [1.29, 1.82) is 0 Å². The van der Waals surface area contributed by atoms with Gasteiger partial charge in [-0.25, -0.2) is 9.18 Å². The molecule has 5 heteroatoms. The maximum Gasteiger partial charge on any atom is 0.335 e. The molecule has 1 rings (SSSR count). The molecule has 18 heavy (non-hydrogen) atoms. The van der Waals surface area contributed by atoms with E-state index in [1.165, 1.54) is 12.1 Å². The molecule has 0 atom stereocenters. The largest absolute Gasteiger partial charge is 0.478 e. The van der Waals surface area contributed by atoms with Gasteiger partial charge >= 0.3 is 5.97 Å². The Kier molecular flexibility index (Phi) is 5.74. The average Bonchev–Trinajstić information content (AvgIpc) is 2.33. The lowest BCUT2D eigenvalue weighted by molar-refractivity contribution is 0.0696. The van der Waals surface area contributed by atoms with Crippen LogP contribution in [0.25, 0.3) is 0 Å². The summed E-state index contributed by atoms with van der Waals surface area (Å²) in [7, 11) is 1.62. The summed E-state index contributed by atoms with van der Waals surface area (Å²) in [5.74, 6) is -1.64. The summed E-state index contributed by atoms with van der Waals surface area (Å²) in [4.78, 5) is 12.9. The summed E-state index contributed by atoms with van der Waals surface area (Å²) >= 11 is 0. The van der Waals surface area contributed by atoms with Crippen LogP contribution in [0, 0.1) is 5.82 Å². The summed E-state index contributed by atoms with van der Waals surface area (Å²) in [6, 6.07) is 3.89. The molecule has 0 unspecified atom stereocenters. The topological polar surface area (TPSA) is 49.8 Å². The fourth-order valence-corrected chi connectivity index (χ4v) is 1.69. The third-order valence-electron chi connectivity index (χ3n) is 2.67. The quantitative estimate of drug-likeness (QED) is 0.809. The summed E-state index contributed by atoms with van der Waals surface area (Å²) < 4.78 is 18.3. The number of ether oxygens (including phenoxy) is 1. The van der Waals surface area contributed by atoms with Gasteiger partial charge in [0.2, 0.25) is 0 Å². The number of hydrogen-bond acceptors (Lipinski definition) is 3. The fraction of sp³-hybridized carbons (Fsp3) is 0.462. The van der Waals surface area contributed by atoms with E-state index in [0.29, 0.717) is 18.7 Å². The zero-order chi connectivity index (χ0) is 13.5. The van der Waals surface area contributed by atoms with Crippen LogP contribution in [0.1, 0.15) is 22.8 Å². The normalized spacial score (nSPS) is 10.9. The Morgan fingerprint density at radius 3 is 2.72 bits per heavy atom. The number of aromatic carboxylic acids is 1. The van der Waals surface area contributed by atoms with Gasteiger partial charge in [-0.2, -0.15) is 0 Å². The van der Waals surface area contributed by atoms with Crippen molar-refractivity contribution in [2.45, 2.75) is 13.5 Å². The first-order valence-electron chi connectivity index (χ1n) is 5.81. The molecule has 100 valence electrons. The molecule has 0 bridgehead atoms. The van der Waals surface area contributed by atoms with E-state index in [9.17, 15) is 9.18 Å². The molecule has 0 aliphatic carbocycles. The molecule has 0 fully saturated rings. The standard InChI is InChI=1S/C13H18FNO3/c1-3-15(4-5-18-2)9-10-6-11(13(16)17)8-12(14)7-10/h6-8H,3-5,9H2,1-2H3,(H,16,17). The molecular formula is C13H18FNO3. The van der Waals surface area contributed by atoms with Crippen molar-refractivity contribution in [3.63, 3.8) is 0 Å². The van der Waals surface area contributed by atoms with Crippen molar-refractivity contribution in [2.75, 3.05) is 26.8 Å². The smallest absolute Gasteiger partial charge is 0.335 e. The monoisotopic (exact) mass is 255 g/mol. The highest BCUT2D eigenvalue weighted by molar-refractivity contribution is 5.87. The first kappa shape index (κ1) is 14.6. The fourth-order valence-electron chi connectivity index (χ4n) is 1.69. The number of carboxylic acid groups (broad SMARTS) is 1. The van der Waals surface area contributed by atoms with Crippen LogP contribution in [0.15, 0.2) is 18.2 Å². The molecule has 1 aromatic carbocycles. The van der Waals surface area contributed by atoms with Gasteiger partial charge in [0.1, 0.15) is 5.82 Å². The van der Waals surface area contributed by atoms with Crippen LogP contribution in [0.5, 0.6) is 0 Å². The molecule has 0 heterocycles. The Balaban J connectivity index is 2.79. The van der Waals surface area contributed by atoms with E-state index in [-0.39, 0.29) is 5.56 Å². The van der Waals surface area contributed by atoms with Gasteiger partial charge in [-0.15, -0.1) is 0 Å². The Morgan fingerprint density at radius 2 is 2.17 bits per heavy atom. The second-order valence-electron chi connectivity index (χ2n) is 4.01. The number of carboxylic acids is 1. The Morgan fingerprint density at radius 1 is 1.44 bits per heavy atom. The van der Waals surface area contributed by atoms with Crippen molar-refractivity contribution < 1.29 is 19.0 Å². The lowest BCUT2D eigenvalue weighted by Gasteiger charge is -2.20. The van der Waals surface area contributed by atoms with Crippen LogP contribution < -0.4 is 0 Å². The van der Waals surface area contributed by atoms with E-state index >= 15 is 0 Å². The van der Waals surface area contributed by atoms with E-state index in [0.717, 1.165) is 19.2 Å². The molecule has 0 saturated heterocycles. The summed E-state index contributed by atoms with van der Waals surface area (Å²) in [5, 5.41) is 8.87. The minimum atomic E-state index is -1.12. The summed E-state index contributed by atoms with van der Waals surface area (Å²) in [6.45, 7) is 4.62. The highest BCUT2D eigenvalue weighted by atomic mass is 19.1. The lowest BCUT2D eigenvalue weighted by atomic mass is 10.1. The maximum atomic E-state index is 13.3. The van der Waals surface area contributed by atoms with Crippen LogP contribution in [-0.2, 0) is 11.3 Å². The molecule has 0 amide bonds. The third kappa shape index (κ3) is 4.43. The number of methoxy groups -OCH3 is 1. The molecule has 0 aromatic heterocycles. The van der Waals surface area contributed by atoms with Crippen LogP contribution >= 0.6 is 0 Å². The van der Waals surface area contributed by atoms with E-state index in [4.69, 9.17) is 9.84 Å². The van der Waals surface area contributed by atoms with E-state index in [2.05, 4.69) is 4.90 Å². The molecule has 0 radical (unpaired) electrons. The van der Waals surface area contributed by atoms with E-state index in [1.54, 1.807) is 7.11 Å². The van der Waals surface area contributed by atoms with Gasteiger partial charge in [0, 0.05) is 20.2 Å². The van der Waals surface area contributed by atoms with Gasteiger partial charge in [0.05, 0.1) is 12.2 Å². The number of rotatable bonds is 7. The predicted octanol–water partition coefficient (Wildman–Crippen LogP) is 1.99. The first-order chi connectivity index (χ1) is 8.56. The highest BCUT2D eigenvalue weighted by Gasteiger charge is 2.09. The van der Waals surface area contributed by atoms with Crippen molar-refractivity contribution in [3.8, 4) is 0 Å². The van der Waals surface area contributed by atoms with Gasteiger partial charge < -0.3 is 9.84 Å². The SMILES string of the molecule is CCN(CCOC)Cc1cc(F)cc(C(=O)O)c1. The van der Waals surface area contributed by atoms with Gasteiger partial charge in [-0.3, -0.25) is 4.90 Å². The second kappa shape index (κ2) is 7.08. The summed E-state index contributed by atoms with van der Waals surface area (Å²) in [5.41, 5.74) is 0.637. The molecule has 1 N–H and O–H groups in total. The van der Waals surface area contributed by atoms with Crippen molar-refractivity contribution in [2.24, 2.45) is 0 Å². The van der Waals surface area contributed by atoms with Gasteiger partial charge in [0.15, 0.2) is 0 Å². The number of hydrogen-bond donors (Lipinski definition) is 1. The van der Waals surface area contributed by atoms with Crippen LogP contribution in [0.3, 0.4) is 0 Å². The Bertz CT molecular complexity index is 409. The van der Waals surface area contributed by atoms with Crippen molar-refractivity contribution in [3.05, 3.63) is 35.1 Å². The Labute approximate surface area is 106 Å². The van der Waals surface area contributed by atoms with Crippen LogP contribution in [-0.4, -0.2) is 42.8 Å². The number of likely N-dealkylation sites (N-methyl/N-ethyl adjacent to an activating group) is 1. The van der Waals surface area contributed by atoms with Gasteiger partial charge in [-0.1, -0.05) is 6.92 Å². The van der Waals surface area contributed by atoms with Crippen molar-refractivity contribution in [1.82, 2.24) is 4.90 Å². The molecule has 0 aliphatic rings.